The number of cyclic esters (lactones) is 1. The van der Waals surface area contributed by atoms with Gasteiger partial charge in [0.1, 0.15) is 35.1 Å². The summed E-state index contributed by atoms with van der Waals surface area (Å²) in [4.78, 5) is 18.8. The molecule has 0 amide bonds. The first kappa shape index (κ1) is 49.6. The molecule has 0 aromatic carbocycles. The minimum Gasteiger partial charge on any atom is -0.459 e. The van der Waals surface area contributed by atoms with E-state index in [2.05, 4.69) is 27.5 Å². The minimum absolute atomic E-state index is 0.107. The number of β-amino-alcohol motifs (C(OH)–C–C–N with tert-alkyl or cyclic N) is 1. The lowest BCUT2D eigenvalue weighted by atomic mass is 9.74. The maximum atomic E-state index is 14.4. The average molecular weight is 833 g/mol. The van der Waals surface area contributed by atoms with Crippen molar-refractivity contribution in [2.24, 2.45) is 17.8 Å². The summed E-state index contributed by atoms with van der Waals surface area (Å²) in [5.41, 5.74) is -5.94. The first-order valence-corrected chi connectivity index (χ1v) is 21.7. The molecule has 0 bridgehead atoms. The Morgan fingerprint density at radius 1 is 0.948 bits per heavy atom. The monoisotopic (exact) mass is 833 g/mol. The third kappa shape index (κ3) is 10.9. The maximum absolute atomic E-state index is 14.4. The SMILES string of the molecule is CC[C@H]1OC(=O)[C@H](C)[C@@H](O[C@H]2C[C@@](C)(OC)[C@](O)(CN3CCN(C)CC3)[C@H](C)O2)[C@H](C)[C@@H](O[C@@H]2O[C@H](C)C[C@H](NC)[C@H]2O)[C@](C)(O)C[C@@H](C)CN[C@H](C)[C@@H](O)[C@]1(C)O. The molecule has 340 valence electrons. The Hall–Kier alpha value is -1.09. The summed E-state index contributed by atoms with van der Waals surface area (Å²) in [5, 5.41) is 66.0. The van der Waals surface area contributed by atoms with Crippen molar-refractivity contribution in [3.05, 3.63) is 0 Å². The number of nitrogens with zero attached hydrogens (tertiary/aromatic N) is 2. The van der Waals surface area contributed by atoms with Gasteiger partial charge in [-0.15, -0.1) is 0 Å². The summed E-state index contributed by atoms with van der Waals surface area (Å²) in [6, 6.07) is -0.929. The van der Waals surface area contributed by atoms with E-state index in [1.165, 1.54) is 6.92 Å². The summed E-state index contributed by atoms with van der Waals surface area (Å²) >= 11 is 0. The van der Waals surface area contributed by atoms with Crippen LogP contribution < -0.4 is 10.6 Å². The lowest BCUT2D eigenvalue weighted by Crippen LogP contribution is -2.71. The highest BCUT2D eigenvalue weighted by atomic mass is 16.7. The van der Waals surface area contributed by atoms with Crippen molar-refractivity contribution < 1.29 is 58.7 Å². The number of esters is 1. The van der Waals surface area contributed by atoms with Crippen LogP contribution in [-0.4, -0.2) is 192 Å². The van der Waals surface area contributed by atoms with Gasteiger partial charge in [-0.05, 0) is 94.3 Å². The van der Waals surface area contributed by atoms with Gasteiger partial charge >= 0.3 is 5.97 Å². The van der Waals surface area contributed by atoms with Gasteiger partial charge in [-0.3, -0.25) is 9.69 Å². The number of aliphatic hydroxyl groups is 5. The average Bonchev–Trinajstić information content (AvgIpc) is 3.16. The molecule has 4 aliphatic heterocycles. The summed E-state index contributed by atoms with van der Waals surface area (Å²) in [6.45, 7) is 21.7. The van der Waals surface area contributed by atoms with Crippen LogP contribution in [0, 0.1) is 17.8 Å². The van der Waals surface area contributed by atoms with Gasteiger partial charge in [0.2, 0.25) is 0 Å². The highest BCUT2D eigenvalue weighted by molar-refractivity contribution is 5.73. The van der Waals surface area contributed by atoms with Crippen molar-refractivity contribution in [3.8, 4) is 0 Å². The largest absolute Gasteiger partial charge is 0.459 e. The quantitative estimate of drug-likeness (QED) is 0.161. The predicted octanol–water partition coefficient (Wildman–Crippen LogP) is 0.834. The van der Waals surface area contributed by atoms with Crippen molar-refractivity contribution in [2.75, 3.05) is 60.5 Å². The Balaban J connectivity index is 1.77. The van der Waals surface area contributed by atoms with Crippen molar-refractivity contribution in [3.63, 3.8) is 0 Å². The second-order valence-corrected chi connectivity index (χ2v) is 19.0. The molecule has 16 heteroatoms. The topological polar surface area (TPSA) is 204 Å². The molecule has 0 spiro atoms. The predicted molar refractivity (Wildman–Crippen MR) is 218 cm³/mol. The lowest BCUT2D eigenvalue weighted by molar-refractivity contribution is -0.339. The highest BCUT2D eigenvalue weighted by Gasteiger charge is 2.59. The highest BCUT2D eigenvalue weighted by Crippen LogP contribution is 2.44. The van der Waals surface area contributed by atoms with Gasteiger partial charge in [0.15, 0.2) is 12.6 Å². The molecule has 58 heavy (non-hydrogen) atoms. The fourth-order valence-electron chi connectivity index (χ4n) is 9.86. The summed E-state index contributed by atoms with van der Waals surface area (Å²) < 4.78 is 38.6. The van der Waals surface area contributed by atoms with Crippen LogP contribution in [0.2, 0.25) is 0 Å². The number of hydrogen-bond donors (Lipinski definition) is 7. The molecule has 0 radical (unpaired) electrons. The summed E-state index contributed by atoms with van der Waals surface area (Å²) in [5.74, 6) is -2.66. The molecule has 4 heterocycles. The summed E-state index contributed by atoms with van der Waals surface area (Å²) in [6.07, 6.45) is -7.61. The van der Waals surface area contributed by atoms with Gasteiger partial charge in [0.05, 0.1) is 35.9 Å². The van der Waals surface area contributed by atoms with E-state index in [1.807, 2.05) is 27.7 Å². The molecule has 0 saturated carbocycles. The number of carbonyl (C=O) groups is 1. The molecule has 0 aromatic heterocycles. The number of hydrogen-bond acceptors (Lipinski definition) is 16. The van der Waals surface area contributed by atoms with E-state index in [9.17, 15) is 30.3 Å². The van der Waals surface area contributed by atoms with E-state index >= 15 is 0 Å². The zero-order chi connectivity index (χ0) is 43.5. The molecule has 0 unspecified atom stereocenters. The van der Waals surface area contributed by atoms with Crippen LogP contribution in [0.5, 0.6) is 0 Å². The van der Waals surface area contributed by atoms with E-state index in [4.69, 9.17) is 28.4 Å². The molecule has 0 aromatic rings. The molecule has 16 nitrogen and oxygen atoms in total. The molecule has 4 aliphatic rings. The lowest BCUT2D eigenvalue weighted by Gasteiger charge is -2.55. The van der Waals surface area contributed by atoms with E-state index in [-0.39, 0.29) is 37.3 Å². The first-order valence-electron chi connectivity index (χ1n) is 21.7. The number of nitrogens with one attached hydrogen (secondary N) is 2. The fourth-order valence-corrected chi connectivity index (χ4v) is 9.86. The van der Waals surface area contributed by atoms with Crippen molar-refractivity contribution in [1.29, 1.82) is 0 Å². The van der Waals surface area contributed by atoms with Crippen LogP contribution in [0.25, 0.3) is 0 Å². The van der Waals surface area contributed by atoms with E-state index in [1.54, 1.807) is 48.8 Å². The smallest absolute Gasteiger partial charge is 0.311 e. The molecule has 7 N–H and O–H groups in total. The standard InChI is InChI=1S/C42H80N4O12/c1-14-31-41(10,51)35(48)28(6)44-22-24(2)20-39(8,50)36(58-38-33(47)30(43-11)19-25(3)54-38)26(4)34(27(5)37(49)56-31)57-32-21-40(9,53-13)42(52,29(7)55-32)23-46-17-15-45(12)16-18-46/h24-36,38,43-44,47-48,50-52H,14-23H2,1-13H3/t24-,25-,26+,27-,28-,29+,30+,31-,32+,33-,34+,35-,36-,38+,39-,40-,41-,42+/m1/s1. The number of methoxy groups -OCH3 is 1. The minimum atomic E-state index is -1.81. The number of aliphatic hydroxyl groups excluding tert-OH is 2. The van der Waals surface area contributed by atoms with Crippen molar-refractivity contribution >= 4 is 5.97 Å². The van der Waals surface area contributed by atoms with Crippen LogP contribution in [0.4, 0.5) is 0 Å². The first-order chi connectivity index (χ1) is 26.9. The zero-order valence-electron chi connectivity index (χ0n) is 37.6. The maximum Gasteiger partial charge on any atom is 0.311 e. The number of likely N-dealkylation sites (N-methyl/N-ethyl adjacent to an activating group) is 2. The van der Waals surface area contributed by atoms with Crippen LogP contribution in [-0.2, 0) is 33.2 Å². The molecular weight excluding hydrogens is 752 g/mol. The molecule has 18 atom stereocenters. The molecule has 4 rings (SSSR count). The van der Waals surface area contributed by atoms with E-state index < -0.39 is 95.5 Å². The normalized spacial score (nSPS) is 48.8. The van der Waals surface area contributed by atoms with Crippen LogP contribution >= 0.6 is 0 Å². The zero-order valence-corrected chi connectivity index (χ0v) is 37.6. The Kier molecular flexibility index (Phi) is 17.1. The Bertz CT molecular complexity index is 1310. The van der Waals surface area contributed by atoms with Crippen molar-refractivity contribution in [2.45, 2.75) is 185 Å². The molecule has 4 fully saturated rings. The van der Waals surface area contributed by atoms with Gasteiger partial charge in [-0.2, -0.15) is 0 Å². The molecular formula is C42H80N4O12. The Morgan fingerprint density at radius 2 is 1.59 bits per heavy atom. The molecule has 0 aliphatic carbocycles. The molecule has 4 saturated heterocycles. The van der Waals surface area contributed by atoms with Gasteiger partial charge in [-0.25, -0.2) is 0 Å². The number of piperazine rings is 1. The van der Waals surface area contributed by atoms with Crippen LogP contribution in [0.1, 0.15) is 94.9 Å². The number of rotatable bonds is 9. The van der Waals surface area contributed by atoms with Gasteiger partial charge in [0, 0.05) is 64.3 Å². The number of carbonyl (C=O) groups excluding carboxylic acids is 1. The second-order valence-electron chi connectivity index (χ2n) is 19.0. The second kappa shape index (κ2) is 20.0. The van der Waals surface area contributed by atoms with Gasteiger partial charge in [-0.1, -0.05) is 20.8 Å². The van der Waals surface area contributed by atoms with E-state index in [0.717, 1.165) is 26.2 Å². The Morgan fingerprint density at radius 3 is 2.17 bits per heavy atom. The third-order valence-corrected chi connectivity index (χ3v) is 14.0. The summed E-state index contributed by atoms with van der Waals surface area (Å²) in [7, 11) is 5.41. The Labute approximate surface area is 347 Å². The van der Waals surface area contributed by atoms with Crippen molar-refractivity contribution in [1.82, 2.24) is 20.4 Å². The number of ether oxygens (including phenoxy) is 6. The van der Waals surface area contributed by atoms with Crippen LogP contribution in [0.3, 0.4) is 0 Å². The van der Waals surface area contributed by atoms with Gasteiger partial charge in [0.25, 0.3) is 0 Å². The van der Waals surface area contributed by atoms with Crippen LogP contribution in [0.15, 0.2) is 0 Å². The third-order valence-electron chi connectivity index (χ3n) is 14.0. The van der Waals surface area contributed by atoms with E-state index in [0.29, 0.717) is 19.5 Å². The van der Waals surface area contributed by atoms with Gasteiger partial charge < -0.3 is 69.5 Å². The fraction of sp³-hybridized carbons (Fsp3) is 0.976.